The minimum absolute atomic E-state index is 0.0818. The van der Waals surface area contributed by atoms with Crippen molar-refractivity contribution in [3.8, 4) is 5.75 Å². The molecule has 2 aromatic rings. The highest BCUT2D eigenvalue weighted by molar-refractivity contribution is 6.34. The van der Waals surface area contributed by atoms with Crippen LogP contribution in [0.3, 0.4) is 0 Å². The Kier molecular flexibility index (Phi) is 5.86. The lowest BCUT2D eigenvalue weighted by atomic mass is 9.99. The van der Waals surface area contributed by atoms with E-state index in [1.807, 2.05) is 0 Å². The number of nitrogens with zero attached hydrogens (tertiary/aromatic N) is 1. The Labute approximate surface area is 182 Å². The van der Waals surface area contributed by atoms with Crippen LogP contribution in [0.5, 0.6) is 5.75 Å². The molecule has 0 radical (unpaired) electrons. The van der Waals surface area contributed by atoms with Gasteiger partial charge in [-0.25, -0.2) is 9.18 Å². The standard InChI is InChI=1S/C21H18Cl2FNO5/c22-13-4-14(23)6-15(5-13)30-8-12-3-18(24)17(7-16(12)11-1-2-11)20(26)25-10-29-9-19(25)21(27)28/h3-7,11,19H,1-2,8-10H2,(H,27,28)/t19-/m0/s1. The molecular formula is C21H18Cl2FNO5. The SMILES string of the molecule is O=C(O)[C@@H]1COCN1C(=O)c1cc(C2CC2)c(COc2cc(Cl)cc(Cl)c2)cc1F. The van der Waals surface area contributed by atoms with E-state index >= 15 is 0 Å². The maximum atomic E-state index is 14.9. The first kappa shape index (κ1) is 20.9. The number of hydrogen-bond acceptors (Lipinski definition) is 4. The molecule has 0 unspecified atom stereocenters. The highest BCUT2D eigenvalue weighted by atomic mass is 35.5. The van der Waals surface area contributed by atoms with E-state index in [-0.39, 0.29) is 31.4 Å². The van der Waals surface area contributed by atoms with E-state index in [9.17, 15) is 19.1 Å². The smallest absolute Gasteiger partial charge is 0.328 e. The van der Waals surface area contributed by atoms with Gasteiger partial charge in [0.25, 0.3) is 5.91 Å². The largest absolute Gasteiger partial charge is 0.489 e. The third-order valence-electron chi connectivity index (χ3n) is 5.14. The van der Waals surface area contributed by atoms with Crippen molar-refractivity contribution in [2.45, 2.75) is 31.4 Å². The summed E-state index contributed by atoms with van der Waals surface area (Å²) in [6.07, 6.45) is 1.86. The average molecular weight is 454 g/mol. The summed E-state index contributed by atoms with van der Waals surface area (Å²) in [5.74, 6) is -1.96. The Bertz CT molecular complexity index is 991. The molecule has 4 rings (SSSR count). The van der Waals surface area contributed by atoms with Crippen molar-refractivity contribution in [3.05, 3.63) is 62.9 Å². The van der Waals surface area contributed by atoms with Gasteiger partial charge < -0.3 is 14.6 Å². The van der Waals surface area contributed by atoms with Crippen LogP contribution in [0.25, 0.3) is 0 Å². The number of carbonyl (C=O) groups excluding carboxylic acids is 1. The van der Waals surface area contributed by atoms with Crippen molar-refractivity contribution in [1.82, 2.24) is 4.90 Å². The summed E-state index contributed by atoms with van der Waals surface area (Å²) in [7, 11) is 0. The molecule has 0 aromatic heterocycles. The van der Waals surface area contributed by atoms with Gasteiger partial charge >= 0.3 is 5.97 Å². The molecule has 2 aromatic carbocycles. The zero-order valence-corrected chi connectivity index (χ0v) is 17.3. The van der Waals surface area contributed by atoms with Gasteiger partial charge in [0.2, 0.25) is 0 Å². The minimum Gasteiger partial charge on any atom is -0.489 e. The average Bonchev–Trinajstić information content (AvgIpc) is 3.40. The van der Waals surface area contributed by atoms with Gasteiger partial charge in [0.1, 0.15) is 24.9 Å². The second-order valence-electron chi connectivity index (χ2n) is 7.33. The molecule has 1 aliphatic heterocycles. The zero-order chi connectivity index (χ0) is 21.4. The minimum atomic E-state index is -1.19. The lowest BCUT2D eigenvalue weighted by Gasteiger charge is -2.21. The van der Waals surface area contributed by atoms with Gasteiger partial charge in [-0.15, -0.1) is 0 Å². The summed E-state index contributed by atoms with van der Waals surface area (Å²) in [4.78, 5) is 25.2. The second kappa shape index (κ2) is 8.41. The second-order valence-corrected chi connectivity index (χ2v) is 8.20. The fraction of sp³-hybridized carbons (Fsp3) is 0.333. The highest BCUT2D eigenvalue weighted by Gasteiger charge is 2.37. The molecule has 6 nitrogen and oxygen atoms in total. The van der Waals surface area contributed by atoms with Crippen molar-refractivity contribution < 1.29 is 28.6 Å². The first-order valence-electron chi connectivity index (χ1n) is 9.36. The van der Waals surface area contributed by atoms with Crippen LogP contribution in [-0.4, -0.2) is 41.3 Å². The molecule has 9 heteroatoms. The number of carboxylic acids is 1. The lowest BCUT2D eigenvalue weighted by Crippen LogP contribution is -2.42. The van der Waals surface area contributed by atoms with Gasteiger partial charge in [-0.2, -0.15) is 0 Å². The molecule has 1 amide bonds. The molecule has 2 aliphatic rings. The van der Waals surface area contributed by atoms with Gasteiger partial charge in [0, 0.05) is 10.0 Å². The molecule has 1 heterocycles. The third-order valence-corrected chi connectivity index (χ3v) is 5.57. The van der Waals surface area contributed by atoms with E-state index in [2.05, 4.69) is 0 Å². The normalized spacial score (nSPS) is 18.5. The summed E-state index contributed by atoms with van der Waals surface area (Å²) < 4.78 is 25.7. The number of amides is 1. The van der Waals surface area contributed by atoms with E-state index in [0.717, 1.165) is 23.3 Å². The van der Waals surface area contributed by atoms with E-state index in [1.54, 1.807) is 18.2 Å². The van der Waals surface area contributed by atoms with Crippen LogP contribution in [0.4, 0.5) is 4.39 Å². The van der Waals surface area contributed by atoms with Crippen LogP contribution in [-0.2, 0) is 16.1 Å². The lowest BCUT2D eigenvalue weighted by molar-refractivity contribution is -0.141. The monoisotopic (exact) mass is 453 g/mol. The summed E-state index contributed by atoms with van der Waals surface area (Å²) >= 11 is 12.0. The summed E-state index contributed by atoms with van der Waals surface area (Å²) in [6.45, 7) is -0.223. The van der Waals surface area contributed by atoms with Crippen LogP contribution >= 0.6 is 23.2 Å². The first-order valence-corrected chi connectivity index (χ1v) is 10.1. The molecular weight excluding hydrogens is 436 g/mol. The Balaban J connectivity index is 1.60. The summed E-state index contributed by atoms with van der Waals surface area (Å²) in [5, 5.41) is 10.1. The van der Waals surface area contributed by atoms with Crippen LogP contribution in [0.1, 0.15) is 40.2 Å². The Hall–Kier alpha value is -2.35. The van der Waals surface area contributed by atoms with Crippen molar-refractivity contribution in [2.24, 2.45) is 0 Å². The van der Waals surface area contributed by atoms with E-state index < -0.39 is 23.7 Å². The van der Waals surface area contributed by atoms with Gasteiger partial charge in [-0.3, -0.25) is 9.69 Å². The molecule has 0 spiro atoms. The number of ether oxygens (including phenoxy) is 2. The summed E-state index contributed by atoms with van der Waals surface area (Å²) in [6, 6.07) is 6.46. The van der Waals surface area contributed by atoms with E-state index in [1.165, 1.54) is 12.1 Å². The fourth-order valence-corrected chi connectivity index (χ4v) is 3.98. The molecule has 30 heavy (non-hydrogen) atoms. The van der Waals surface area contributed by atoms with Gasteiger partial charge in [-0.05, 0) is 60.2 Å². The molecule has 1 N–H and O–H groups in total. The Morgan fingerprint density at radius 3 is 2.50 bits per heavy atom. The maximum Gasteiger partial charge on any atom is 0.328 e. The molecule has 1 saturated carbocycles. The molecule has 1 aliphatic carbocycles. The number of benzene rings is 2. The number of aliphatic carboxylic acids is 1. The van der Waals surface area contributed by atoms with E-state index in [0.29, 0.717) is 21.4 Å². The number of carboxylic acid groups (broad SMARTS) is 1. The van der Waals surface area contributed by atoms with Crippen LogP contribution in [0.2, 0.25) is 10.0 Å². The Morgan fingerprint density at radius 2 is 1.87 bits per heavy atom. The summed E-state index contributed by atoms with van der Waals surface area (Å²) in [5.41, 5.74) is 1.28. The van der Waals surface area contributed by atoms with Crippen molar-refractivity contribution >= 4 is 35.1 Å². The maximum absolute atomic E-state index is 14.9. The van der Waals surface area contributed by atoms with Crippen molar-refractivity contribution in [1.29, 1.82) is 0 Å². The number of halogens is 3. The first-order chi connectivity index (χ1) is 14.3. The van der Waals surface area contributed by atoms with Crippen LogP contribution in [0, 0.1) is 5.82 Å². The van der Waals surface area contributed by atoms with Gasteiger partial charge in [-0.1, -0.05) is 23.2 Å². The van der Waals surface area contributed by atoms with Crippen LogP contribution in [0.15, 0.2) is 30.3 Å². The van der Waals surface area contributed by atoms with Crippen molar-refractivity contribution in [3.63, 3.8) is 0 Å². The predicted octanol–water partition coefficient (Wildman–Crippen LogP) is 4.47. The molecule has 158 valence electrons. The molecule has 0 bridgehead atoms. The number of hydrogen-bond donors (Lipinski definition) is 1. The van der Waals surface area contributed by atoms with Gasteiger partial charge in [0.05, 0.1) is 12.2 Å². The van der Waals surface area contributed by atoms with Crippen LogP contribution < -0.4 is 4.74 Å². The predicted molar refractivity (Wildman–Crippen MR) is 108 cm³/mol. The molecule has 1 saturated heterocycles. The molecule has 2 fully saturated rings. The van der Waals surface area contributed by atoms with E-state index in [4.69, 9.17) is 32.7 Å². The zero-order valence-electron chi connectivity index (χ0n) is 15.7. The van der Waals surface area contributed by atoms with Crippen molar-refractivity contribution in [2.75, 3.05) is 13.3 Å². The highest BCUT2D eigenvalue weighted by Crippen LogP contribution is 2.43. The fourth-order valence-electron chi connectivity index (χ4n) is 3.47. The Morgan fingerprint density at radius 1 is 1.17 bits per heavy atom. The third kappa shape index (κ3) is 4.38. The quantitative estimate of drug-likeness (QED) is 0.697. The van der Waals surface area contributed by atoms with Gasteiger partial charge in [0.15, 0.2) is 6.04 Å². The molecule has 1 atom stereocenters. The number of rotatable bonds is 6. The number of carbonyl (C=O) groups is 2. The topological polar surface area (TPSA) is 76.1 Å².